The van der Waals surface area contributed by atoms with Crippen LogP contribution < -0.4 is 0 Å². The number of carbonyl (C=O) groups excluding carboxylic acids is 2. The summed E-state index contributed by atoms with van der Waals surface area (Å²) in [7, 11) is 0. The normalized spacial score (nSPS) is 20.4. The predicted molar refractivity (Wildman–Crippen MR) is 82.1 cm³/mol. The fourth-order valence-corrected chi connectivity index (χ4v) is 3.11. The molecule has 0 aliphatic carbocycles. The molecule has 4 nitrogen and oxygen atoms in total. The highest BCUT2D eigenvalue weighted by Gasteiger charge is 2.52. The molecule has 118 valence electrons. The van der Waals surface area contributed by atoms with Crippen LogP contribution in [-0.4, -0.2) is 23.5 Å². The lowest BCUT2D eigenvalue weighted by atomic mass is 9.83. The number of halogens is 1. The maximum atomic E-state index is 14.4. The molecule has 1 heterocycles. The van der Waals surface area contributed by atoms with E-state index in [1.807, 2.05) is 30.3 Å². The van der Waals surface area contributed by atoms with E-state index in [0.29, 0.717) is 6.42 Å². The Balaban J connectivity index is 2.16. The smallest absolute Gasteiger partial charge is 0.417 e. The molecule has 0 spiro atoms. The quantitative estimate of drug-likeness (QED) is 0.874. The Morgan fingerprint density at radius 2 is 1.83 bits per heavy atom. The van der Waals surface area contributed by atoms with Crippen LogP contribution in [0.2, 0.25) is 0 Å². The van der Waals surface area contributed by atoms with Gasteiger partial charge < -0.3 is 4.74 Å². The van der Waals surface area contributed by atoms with Gasteiger partial charge in [0, 0.05) is 18.9 Å². The highest BCUT2D eigenvalue weighted by molar-refractivity contribution is 5.93. The third kappa shape index (κ3) is 2.59. The summed E-state index contributed by atoms with van der Waals surface area (Å²) in [6, 6.07) is 15.5. The van der Waals surface area contributed by atoms with Gasteiger partial charge in [-0.2, -0.15) is 0 Å². The summed E-state index contributed by atoms with van der Waals surface area (Å²) in [5.74, 6) is -0.931. The van der Waals surface area contributed by atoms with E-state index in [1.165, 1.54) is 13.0 Å². The molecule has 23 heavy (non-hydrogen) atoms. The summed E-state index contributed by atoms with van der Waals surface area (Å²) >= 11 is 0. The number of ether oxygens (including phenoxy) is 1. The lowest BCUT2D eigenvalue weighted by Crippen LogP contribution is -2.49. The fourth-order valence-electron chi connectivity index (χ4n) is 3.11. The monoisotopic (exact) mass is 313 g/mol. The molecule has 1 fully saturated rings. The highest BCUT2D eigenvalue weighted by Crippen LogP contribution is 2.39. The third-order valence-corrected chi connectivity index (χ3v) is 4.07. The van der Waals surface area contributed by atoms with Crippen LogP contribution in [-0.2, 0) is 21.5 Å². The molecule has 1 atom stereocenters. The maximum absolute atomic E-state index is 14.4. The van der Waals surface area contributed by atoms with Crippen molar-refractivity contribution in [3.63, 3.8) is 0 Å². The minimum absolute atomic E-state index is 0.0682. The predicted octanol–water partition coefficient (Wildman–Crippen LogP) is 3.26. The van der Waals surface area contributed by atoms with Gasteiger partial charge in [0.1, 0.15) is 18.0 Å². The van der Waals surface area contributed by atoms with Crippen molar-refractivity contribution >= 4 is 12.0 Å². The van der Waals surface area contributed by atoms with Crippen molar-refractivity contribution in [1.29, 1.82) is 0 Å². The first-order valence-electron chi connectivity index (χ1n) is 7.31. The summed E-state index contributed by atoms with van der Waals surface area (Å²) in [5, 5.41) is 0. The number of cyclic esters (lactones) is 1. The van der Waals surface area contributed by atoms with Crippen LogP contribution in [0.5, 0.6) is 0 Å². The van der Waals surface area contributed by atoms with Gasteiger partial charge >= 0.3 is 6.09 Å². The van der Waals surface area contributed by atoms with E-state index in [9.17, 15) is 14.0 Å². The first-order chi connectivity index (χ1) is 11.0. The van der Waals surface area contributed by atoms with Crippen LogP contribution in [0.1, 0.15) is 18.1 Å². The number of benzene rings is 2. The standard InChI is InChI=1S/C18H16FNO3/c1-13(21)20-17(22)23-12-18(20,11-14-7-3-2-4-8-14)15-9-5-6-10-16(15)19/h2-10H,11-12H2,1H3/t18-/m1/s1. The van der Waals surface area contributed by atoms with Crippen LogP contribution in [0.4, 0.5) is 9.18 Å². The zero-order valence-corrected chi connectivity index (χ0v) is 12.7. The minimum Gasteiger partial charge on any atom is -0.446 e. The lowest BCUT2D eigenvalue weighted by molar-refractivity contribution is -0.129. The molecular weight excluding hydrogens is 297 g/mol. The van der Waals surface area contributed by atoms with E-state index in [0.717, 1.165) is 10.5 Å². The first kappa shape index (κ1) is 15.2. The number of amides is 2. The second-order valence-electron chi connectivity index (χ2n) is 5.58. The molecule has 1 aliphatic rings. The number of hydrogen-bond acceptors (Lipinski definition) is 3. The van der Waals surface area contributed by atoms with Gasteiger partial charge in [0.15, 0.2) is 0 Å². The number of hydrogen-bond donors (Lipinski definition) is 0. The second kappa shape index (κ2) is 5.83. The Kier molecular flexibility index (Phi) is 3.86. The van der Waals surface area contributed by atoms with E-state index in [1.54, 1.807) is 18.2 Å². The summed E-state index contributed by atoms with van der Waals surface area (Å²) in [4.78, 5) is 25.1. The van der Waals surface area contributed by atoms with Crippen LogP contribution in [0.15, 0.2) is 54.6 Å². The molecule has 0 N–H and O–H groups in total. The number of imide groups is 1. The molecule has 2 amide bonds. The van der Waals surface area contributed by atoms with Gasteiger partial charge in [-0.1, -0.05) is 48.5 Å². The van der Waals surface area contributed by atoms with Crippen LogP contribution in [0, 0.1) is 5.82 Å². The summed E-state index contributed by atoms with van der Waals surface area (Å²) in [5.41, 5.74) is 0.000469. The van der Waals surface area contributed by atoms with E-state index in [2.05, 4.69) is 0 Å². The molecule has 2 aromatic carbocycles. The van der Waals surface area contributed by atoms with Crippen molar-refractivity contribution in [3.05, 3.63) is 71.5 Å². The average Bonchev–Trinajstić information content (AvgIpc) is 2.86. The third-order valence-electron chi connectivity index (χ3n) is 4.07. The van der Waals surface area contributed by atoms with E-state index in [4.69, 9.17) is 4.74 Å². The topological polar surface area (TPSA) is 46.6 Å². The number of carbonyl (C=O) groups is 2. The Morgan fingerprint density at radius 3 is 2.48 bits per heavy atom. The van der Waals surface area contributed by atoms with Crippen molar-refractivity contribution in [3.8, 4) is 0 Å². The molecule has 2 aromatic rings. The first-order valence-corrected chi connectivity index (χ1v) is 7.31. The molecule has 1 saturated heterocycles. The number of rotatable bonds is 3. The van der Waals surface area contributed by atoms with Crippen molar-refractivity contribution in [2.45, 2.75) is 18.9 Å². The molecule has 0 radical (unpaired) electrons. The van der Waals surface area contributed by atoms with Crippen molar-refractivity contribution in [1.82, 2.24) is 4.90 Å². The van der Waals surface area contributed by atoms with Crippen LogP contribution in [0.3, 0.4) is 0 Å². The number of nitrogens with zero attached hydrogens (tertiary/aromatic N) is 1. The molecule has 5 heteroatoms. The molecule has 0 aromatic heterocycles. The Morgan fingerprint density at radius 1 is 1.17 bits per heavy atom. The van der Waals surface area contributed by atoms with Crippen LogP contribution >= 0.6 is 0 Å². The fraction of sp³-hybridized carbons (Fsp3) is 0.222. The van der Waals surface area contributed by atoms with Gasteiger partial charge in [-0.25, -0.2) is 14.1 Å². The average molecular weight is 313 g/mol. The van der Waals surface area contributed by atoms with Crippen molar-refractivity contribution < 1.29 is 18.7 Å². The van der Waals surface area contributed by atoms with Gasteiger partial charge in [0.25, 0.3) is 0 Å². The zero-order valence-electron chi connectivity index (χ0n) is 12.7. The van der Waals surface area contributed by atoms with Gasteiger partial charge in [0.2, 0.25) is 5.91 Å². The molecule has 1 aliphatic heterocycles. The van der Waals surface area contributed by atoms with Gasteiger partial charge in [-0.3, -0.25) is 4.79 Å². The van der Waals surface area contributed by atoms with Gasteiger partial charge in [-0.05, 0) is 11.6 Å². The maximum Gasteiger partial charge on any atom is 0.417 e. The summed E-state index contributed by atoms with van der Waals surface area (Å²) in [6.07, 6.45) is -0.447. The lowest BCUT2D eigenvalue weighted by Gasteiger charge is -2.34. The second-order valence-corrected chi connectivity index (χ2v) is 5.58. The van der Waals surface area contributed by atoms with E-state index < -0.39 is 23.4 Å². The van der Waals surface area contributed by atoms with Crippen LogP contribution in [0.25, 0.3) is 0 Å². The SMILES string of the molecule is CC(=O)N1C(=O)OC[C@]1(Cc1ccccc1)c1ccccc1F. The molecular formula is C18H16FNO3. The summed E-state index contributed by atoms with van der Waals surface area (Å²) < 4.78 is 19.6. The zero-order chi connectivity index (χ0) is 16.4. The molecule has 0 saturated carbocycles. The minimum atomic E-state index is -1.17. The van der Waals surface area contributed by atoms with E-state index in [-0.39, 0.29) is 12.2 Å². The Hall–Kier alpha value is -2.69. The van der Waals surface area contributed by atoms with Gasteiger partial charge in [0.05, 0.1) is 0 Å². The van der Waals surface area contributed by atoms with Gasteiger partial charge in [-0.15, -0.1) is 0 Å². The van der Waals surface area contributed by atoms with Crippen molar-refractivity contribution in [2.75, 3.05) is 6.61 Å². The Labute approximate surface area is 133 Å². The molecule has 0 unspecified atom stereocenters. The largest absolute Gasteiger partial charge is 0.446 e. The molecule has 0 bridgehead atoms. The highest BCUT2D eigenvalue weighted by atomic mass is 19.1. The van der Waals surface area contributed by atoms with E-state index >= 15 is 0 Å². The summed E-state index contributed by atoms with van der Waals surface area (Å²) in [6.45, 7) is 1.22. The molecule has 3 rings (SSSR count). The van der Waals surface area contributed by atoms with Crippen molar-refractivity contribution in [2.24, 2.45) is 0 Å². The Bertz CT molecular complexity index is 747.